The van der Waals surface area contributed by atoms with Crippen LogP contribution in [0.5, 0.6) is 6.01 Å². The van der Waals surface area contributed by atoms with Gasteiger partial charge in [0.25, 0.3) is 0 Å². The Morgan fingerprint density at radius 3 is 2.94 bits per heavy atom. The van der Waals surface area contributed by atoms with Crippen LogP contribution in [0.15, 0.2) is 6.33 Å². The lowest BCUT2D eigenvalue weighted by Crippen LogP contribution is -2.12. The standard InChI is InChI=1S/C11H20N4O2/c1-4-6-12-10-13-8-14-11(15-10)17-7-5-9(2)16-3/h8-9H,4-7H2,1-3H3,(H,12,13,14,15). The molecular formula is C11H20N4O2. The van der Waals surface area contributed by atoms with Gasteiger partial charge in [0.15, 0.2) is 0 Å². The fourth-order valence-corrected chi connectivity index (χ4v) is 1.11. The van der Waals surface area contributed by atoms with E-state index in [-0.39, 0.29) is 6.10 Å². The maximum Gasteiger partial charge on any atom is 0.321 e. The lowest BCUT2D eigenvalue weighted by atomic mass is 10.3. The van der Waals surface area contributed by atoms with Crippen LogP contribution in [0.1, 0.15) is 26.7 Å². The van der Waals surface area contributed by atoms with Crippen LogP contribution in [0.4, 0.5) is 5.95 Å². The molecule has 1 N–H and O–H groups in total. The Morgan fingerprint density at radius 2 is 2.24 bits per heavy atom. The van der Waals surface area contributed by atoms with Crippen LogP contribution in [0.3, 0.4) is 0 Å². The number of methoxy groups -OCH3 is 1. The van der Waals surface area contributed by atoms with Gasteiger partial charge in [0, 0.05) is 20.1 Å². The summed E-state index contributed by atoms with van der Waals surface area (Å²) >= 11 is 0. The van der Waals surface area contributed by atoms with Gasteiger partial charge in [-0.25, -0.2) is 4.98 Å². The number of nitrogens with one attached hydrogen (secondary N) is 1. The van der Waals surface area contributed by atoms with Crippen LogP contribution in [-0.4, -0.2) is 41.3 Å². The lowest BCUT2D eigenvalue weighted by molar-refractivity contribution is 0.0939. The number of nitrogens with zero attached hydrogens (tertiary/aromatic N) is 3. The van der Waals surface area contributed by atoms with E-state index in [0.29, 0.717) is 18.6 Å². The molecule has 0 bridgehead atoms. The van der Waals surface area contributed by atoms with Crippen molar-refractivity contribution in [1.29, 1.82) is 0 Å². The molecule has 0 aromatic carbocycles. The zero-order valence-corrected chi connectivity index (χ0v) is 10.6. The van der Waals surface area contributed by atoms with Crippen LogP contribution in [0.25, 0.3) is 0 Å². The summed E-state index contributed by atoms with van der Waals surface area (Å²) in [5.74, 6) is 0.552. The van der Waals surface area contributed by atoms with Crippen molar-refractivity contribution in [2.45, 2.75) is 32.8 Å². The Bertz CT molecular complexity index is 322. The second-order valence-corrected chi connectivity index (χ2v) is 3.70. The van der Waals surface area contributed by atoms with Crippen LogP contribution >= 0.6 is 0 Å². The van der Waals surface area contributed by atoms with Crippen molar-refractivity contribution in [2.24, 2.45) is 0 Å². The van der Waals surface area contributed by atoms with E-state index in [4.69, 9.17) is 9.47 Å². The van der Waals surface area contributed by atoms with Crippen molar-refractivity contribution >= 4 is 5.95 Å². The van der Waals surface area contributed by atoms with Crippen LogP contribution < -0.4 is 10.1 Å². The first-order chi connectivity index (χ1) is 8.26. The number of aromatic nitrogens is 3. The Morgan fingerprint density at radius 1 is 1.41 bits per heavy atom. The summed E-state index contributed by atoms with van der Waals surface area (Å²) in [6.07, 6.45) is 3.45. The molecule has 1 aromatic rings. The quantitative estimate of drug-likeness (QED) is 0.742. The van der Waals surface area contributed by atoms with Crippen molar-refractivity contribution in [2.75, 3.05) is 25.6 Å². The molecule has 1 unspecified atom stereocenters. The smallest absolute Gasteiger partial charge is 0.321 e. The molecule has 1 atom stereocenters. The van der Waals surface area contributed by atoms with E-state index >= 15 is 0 Å². The highest BCUT2D eigenvalue weighted by Crippen LogP contribution is 2.05. The van der Waals surface area contributed by atoms with E-state index in [9.17, 15) is 0 Å². The third-order valence-corrected chi connectivity index (χ3v) is 2.24. The first kappa shape index (κ1) is 13.6. The average Bonchev–Trinajstić information content (AvgIpc) is 2.36. The fraction of sp³-hybridized carbons (Fsp3) is 0.727. The Hall–Kier alpha value is -1.43. The SMILES string of the molecule is CCCNc1ncnc(OCCC(C)OC)n1. The minimum atomic E-state index is 0.175. The van der Waals surface area contributed by atoms with E-state index in [1.54, 1.807) is 7.11 Å². The summed E-state index contributed by atoms with van der Waals surface area (Å²) < 4.78 is 10.5. The first-order valence-electron chi connectivity index (χ1n) is 5.84. The van der Waals surface area contributed by atoms with E-state index in [2.05, 4.69) is 27.2 Å². The van der Waals surface area contributed by atoms with Gasteiger partial charge in [-0.3, -0.25) is 0 Å². The molecule has 1 aromatic heterocycles. The van der Waals surface area contributed by atoms with Gasteiger partial charge in [0.2, 0.25) is 5.95 Å². The van der Waals surface area contributed by atoms with E-state index in [1.165, 1.54) is 6.33 Å². The summed E-state index contributed by atoms with van der Waals surface area (Å²) in [7, 11) is 1.68. The molecule has 0 saturated heterocycles. The molecule has 0 saturated carbocycles. The van der Waals surface area contributed by atoms with Crippen molar-refractivity contribution in [1.82, 2.24) is 15.0 Å². The van der Waals surface area contributed by atoms with Crippen molar-refractivity contribution in [3.8, 4) is 6.01 Å². The second kappa shape index (κ2) is 7.78. The number of hydrogen-bond acceptors (Lipinski definition) is 6. The molecule has 0 fully saturated rings. The molecular weight excluding hydrogens is 220 g/mol. The molecule has 1 rings (SSSR count). The van der Waals surface area contributed by atoms with Crippen LogP contribution in [0.2, 0.25) is 0 Å². The maximum atomic E-state index is 5.42. The maximum absolute atomic E-state index is 5.42. The molecule has 6 nitrogen and oxygen atoms in total. The minimum Gasteiger partial charge on any atom is -0.463 e. The molecule has 0 aliphatic rings. The topological polar surface area (TPSA) is 69.2 Å². The summed E-state index contributed by atoms with van der Waals surface area (Å²) in [5, 5.41) is 3.08. The number of anilines is 1. The average molecular weight is 240 g/mol. The Balaban J connectivity index is 2.37. The summed E-state index contributed by atoms with van der Waals surface area (Å²) in [6.45, 7) is 5.44. The van der Waals surface area contributed by atoms with Gasteiger partial charge in [-0.2, -0.15) is 9.97 Å². The fourth-order valence-electron chi connectivity index (χ4n) is 1.11. The molecule has 0 radical (unpaired) electrons. The Labute approximate surface area is 102 Å². The molecule has 17 heavy (non-hydrogen) atoms. The van der Waals surface area contributed by atoms with Crippen molar-refractivity contribution < 1.29 is 9.47 Å². The van der Waals surface area contributed by atoms with Gasteiger partial charge in [-0.1, -0.05) is 6.92 Å². The minimum absolute atomic E-state index is 0.175. The molecule has 0 amide bonds. The summed E-state index contributed by atoms with van der Waals surface area (Å²) in [4.78, 5) is 12.1. The number of hydrogen-bond donors (Lipinski definition) is 1. The van der Waals surface area contributed by atoms with Gasteiger partial charge >= 0.3 is 6.01 Å². The third kappa shape index (κ3) is 5.44. The first-order valence-corrected chi connectivity index (χ1v) is 5.84. The number of ether oxygens (including phenoxy) is 2. The highest BCUT2D eigenvalue weighted by atomic mass is 16.5. The highest BCUT2D eigenvalue weighted by Gasteiger charge is 2.03. The molecule has 0 aliphatic heterocycles. The molecule has 96 valence electrons. The second-order valence-electron chi connectivity index (χ2n) is 3.70. The largest absolute Gasteiger partial charge is 0.463 e. The molecule has 0 spiro atoms. The zero-order chi connectivity index (χ0) is 12.5. The normalized spacial score (nSPS) is 12.2. The summed E-state index contributed by atoms with van der Waals surface area (Å²) in [6, 6.07) is 0.349. The van der Waals surface area contributed by atoms with Gasteiger partial charge < -0.3 is 14.8 Å². The Kier molecular flexibility index (Phi) is 6.24. The van der Waals surface area contributed by atoms with Gasteiger partial charge in [-0.15, -0.1) is 0 Å². The molecule has 6 heteroatoms. The van der Waals surface area contributed by atoms with E-state index in [0.717, 1.165) is 19.4 Å². The zero-order valence-electron chi connectivity index (χ0n) is 10.6. The van der Waals surface area contributed by atoms with Crippen LogP contribution in [0, 0.1) is 0 Å². The predicted molar refractivity (Wildman–Crippen MR) is 65.2 cm³/mol. The van der Waals surface area contributed by atoms with Gasteiger partial charge in [0.1, 0.15) is 6.33 Å². The van der Waals surface area contributed by atoms with E-state index in [1.807, 2.05) is 6.92 Å². The van der Waals surface area contributed by atoms with E-state index < -0.39 is 0 Å². The van der Waals surface area contributed by atoms with Gasteiger partial charge in [-0.05, 0) is 13.3 Å². The predicted octanol–water partition coefficient (Wildman–Crippen LogP) is 1.50. The third-order valence-electron chi connectivity index (χ3n) is 2.24. The van der Waals surface area contributed by atoms with Crippen molar-refractivity contribution in [3.05, 3.63) is 6.33 Å². The molecule has 0 aliphatic carbocycles. The number of rotatable bonds is 8. The van der Waals surface area contributed by atoms with Crippen molar-refractivity contribution in [3.63, 3.8) is 0 Å². The summed E-state index contributed by atoms with van der Waals surface area (Å²) in [5.41, 5.74) is 0. The molecule has 1 heterocycles. The highest BCUT2D eigenvalue weighted by molar-refractivity contribution is 5.23. The van der Waals surface area contributed by atoms with Gasteiger partial charge in [0.05, 0.1) is 12.7 Å². The van der Waals surface area contributed by atoms with Crippen LogP contribution in [-0.2, 0) is 4.74 Å². The lowest BCUT2D eigenvalue weighted by Gasteiger charge is -2.09. The monoisotopic (exact) mass is 240 g/mol.